The van der Waals surface area contributed by atoms with Crippen LogP contribution in [0.1, 0.15) is 35.3 Å². The van der Waals surface area contributed by atoms with E-state index >= 15 is 0 Å². The van der Waals surface area contributed by atoms with Gasteiger partial charge in [0.2, 0.25) is 0 Å². The van der Waals surface area contributed by atoms with E-state index in [9.17, 15) is 18.3 Å². The minimum Gasteiger partial charge on any atom is -0.505 e. The third kappa shape index (κ3) is 5.20. The Balaban J connectivity index is 1.56. The number of carbonyl (C=O) groups is 1. The number of amides is 1. The number of phenolic OH excluding ortho intramolecular Hbond substituents is 1. The molecule has 1 saturated heterocycles. The highest BCUT2D eigenvalue weighted by molar-refractivity contribution is 7.89. The van der Waals surface area contributed by atoms with Crippen molar-refractivity contribution in [1.82, 2.24) is 15.1 Å². The number of likely N-dealkylation sites (N-methyl/N-ethyl adjacent to an activating group) is 1. The number of benzene rings is 2. The second kappa shape index (κ2) is 9.82. The number of nitrogens with one attached hydrogen (secondary N) is 2. The fourth-order valence-electron chi connectivity index (χ4n) is 3.91. The lowest BCUT2D eigenvalue weighted by Crippen LogP contribution is -2.47. The van der Waals surface area contributed by atoms with Gasteiger partial charge in [-0.1, -0.05) is 43.3 Å². The highest BCUT2D eigenvalue weighted by Crippen LogP contribution is 2.30. The largest absolute Gasteiger partial charge is 0.505 e. The first-order valence-corrected chi connectivity index (χ1v) is 12.5. The molecule has 2 aromatic rings. The quantitative estimate of drug-likeness (QED) is 0.554. The maximum Gasteiger partial charge on any atom is 0.367 e. The summed E-state index contributed by atoms with van der Waals surface area (Å²) in [6.45, 7) is 4.61. The molecular weight excluding hydrogens is 456 g/mol. The minimum atomic E-state index is -4.07. The summed E-state index contributed by atoms with van der Waals surface area (Å²) < 4.78 is 31.7. The topological polar surface area (TPSA) is 127 Å². The number of carbonyl (C=O) groups excluding carboxylic acids is 1. The van der Waals surface area contributed by atoms with Gasteiger partial charge in [0.05, 0.1) is 17.3 Å². The zero-order valence-electron chi connectivity index (χ0n) is 19.1. The molecule has 0 unspecified atom stereocenters. The van der Waals surface area contributed by atoms with Crippen molar-refractivity contribution in [2.75, 3.05) is 38.5 Å². The van der Waals surface area contributed by atoms with E-state index in [1.54, 1.807) is 23.1 Å². The number of phenols is 1. The Morgan fingerprint density at radius 3 is 2.38 bits per heavy atom. The summed E-state index contributed by atoms with van der Waals surface area (Å²) in [5.41, 5.74) is 1.27. The van der Waals surface area contributed by atoms with Gasteiger partial charge < -0.3 is 25.5 Å². The summed E-state index contributed by atoms with van der Waals surface area (Å²) in [5.74, 6) is -0.551. The molecule has 0 bridgehead atoms. The molecule has 4 rings (SSSR count). The van der Waals surface area contributed by atoms with E-state index in [0.29, 0.717) is 19.5 Å². The molecule has 1 atom stereocenters. The highest BCUT2D eigenvalue weighted by atomic mass is 32.2. The van der Waals surface area contributed by atoms with Crippen LogP contribution < -0.4 is 10.6 Å². The zero-order chi connectivity index (χ0) is 24.3. The van der Waals surface area contributed by atoms with Gasteiger partial charge in [0.15, 0.2) is 17.4 Å². The predicted octanol–water partition coefficient (Wildman–Crippen LogP) is 1.99. The van der Waals surface area contributed by atoms with Gasteiger partial charge in [0, 0.05) is 26.2 Å². The van der Waals surface area contributed by atoms with Gasteiger partial charge in [-0.05, 0) is 31.2 Å². The van der Waals surface area contributed by atoms with E-state index in [4.69, 9.17) is 0 Å². The monoisotopic (exact) mass is 484 g/mol. The van der Waals surface area contributed by atoms with Gasteiger partial charge in [-0.2, -0.15) is 8.42 Å². The molecule has 0 radical (unpaired) electrons. The first-order chi connectivity index (χ1) is 16.3. The van der Waals surface area contributed by atoms with Crippen LogP contribution in [0, 0.1) is 0 Å². The molecule has 2 aromatic carbocycles. The molecule has 0 spiro atoms. The van der Waals surface area contributed by atoms with Crippen LogP contribution in [0.5, 0.6) is 5.75 Å². The number of nitrogens with zero attached hydrogens (tertiary/aromatic N) is 4. The number of para-hydroxylation sites is 1. The van der Waals surface area contributed by atoms with Gasteiger partial charge >= 0.3 is 10.2 Å². The first-order valence-electron chi connectivity index (χ1n) is 11.1. The van der Waals surface area contributed by atoms with E-state index in [-0.39, 0.29) is 40.6 Å². The van der Waals surface area contributed by atoms with Crippen LogP contribution in [0.2, 0.25) is 0 Å². The normalized spacial score (nSPS) is 18.7. The van der Waals surface area contributed by atoms with Gasteiger partial charge in [-0.25, -0.2) is 0 Å². The van der Waals surface area contributed by atoms with Crippen molar-refractivity contribution >= 4 is 33.5 Å². The van der Waals surface area contributed by atoms with Crippen LogP contribution in [0.4, 0.5) is 5.69 Å². The second-order valence-electron chi connectivity index (χ2n) is 8.27. The van der Waals surface area contributed by atoms with Crippen molar-refractivity contribution in [2.24, 2.45) is 8.80 Å². The molecular formula is C23H28N6O4S. The third-order valence-electron chi connectivity index (χ3n) is 5.87. The van der Waals surface area contributed by atoms with Crippen LogP contribution in [0.25, 0.3) is 0 Å². The zero-order valence-corrected chi connectivity index (χ0v) is 19.9. The molecule has 10 nitrogen and oxygen atoms in total. The number of piperazine rings is 1. The first kappa shape index (κ1) is 23.7. The Morgan fingerprint density at radius 1 is 1.03 bits per heavy atom. The number of hydrogen-bond donors (Lipinski definition) is 3. The molecule has 0 saturated carbocycles. The lowest BCUT2D eigenvalue weighted by atomic mass is 10.0. The summed E-state index contributed by atoms with van der Waals surface area (Å²) in [4.78, 5) is 16.8. The van der Waals surface area contributed by atoms with E-state index in [1.165, 1.54) is 0 Å². The van der Waals surface area contributed by atoms with Crippen molar-refractivity contribution in [3.63, 3.8) is 0 Å². The molecule has 0 aliphatic carbocycles. The van der Waals surface area contributed by atoms with Crippen molar-refractivity contribution < 1.29 is 18.3 Å². The van der Waals surface area contributed by atoms with Gasteiger partial charge in [0.1, 0.15) is 0 Å². The maximum absolute atomic E-state index is 13.0. The number of amidine groups is 2. The van der Waals surface area contributed by atoms with E-state index in [1.807, 2.05) is 44.3 Å². The van der Waals surface area contributed by atoms with E-state index < -0.39 is 10.2 Å². The Labute approximate surface area is 199 Å². The lowest BCUT2D eigenvalue weighted by Gasteiger charge is -2.32. The summed E-state index contributed by atoms with van der Waals surface area (Å²) in [7, 11) is -2.08. The van der Waals surface area contributed by atoms with E-state index in [0.717, 1.165) is 18.7 Å². The van der Waals surface area contributed by atoms with Crippen molar-refractivity contribution in [3.05, 3.63) is 59.7 Å². The number of rotatable bonds is 5. The van der Waals surface area contributed by atoms with Crippen LogP contribution in [-0.4, -0.2) is 74.1 Å². The summed E-state index contributed by atoms with van der Waals surface area (Å²) in [6.07, 6.45) is 0.677. The van der Waals surface area contributed by atoms with Crippen molar-refractivity contribution in [2.45, 2.75) is 19.4 Å². The fraction of sp³-hybridized carbons (Fsp3) is 0.348. The molecule has 34 heavy (non-hydrogen) atoms. The third-order valence-corrected chi connectivity index (χ3v) is 6.70. The molecule has 1 fully saturated rings. The molecule has 1 amide bonds. The average molecular weight is 485 g/mol. The predicted molar refractivity (Wildman–Crippen MR) is 132 cm³/mol. The maximum atomic E-state index is 13.0. The minimum absolute atomic E-state index is 0.0471. The average Bonchev–Trinajstić information content (AvgIpc) is 3.12. The van der Waals surface area contributed by atoms with Crippen LogP contribution in [0.3, 0.4) is 0 Å². The summed E-state index contributed by atoms with van der Waals surface area (Å²) in [5, 5.41) is 16.8. The SMILES string of the molecule is CC[C@@H](NC1=NS(=O)(=O)N=C1Nc1cccc(C(=O)N2CCN(C)CC2)c1O)c1ccccc1. The fourth-order valence-corrected chi connectivity index (χ4v) is 4.68. The van der Waals surface area contributed by atoms with Crippen LogP contribution in [-0.2, 0) is 10.2 Å². The Kier molecular flexibility index (Phi) is 6.85. The smallest absolute Gasteiger partial charge is 0.367 e. The molecule has 11 heteroatoms. The molecule has 3 N–H and O–H groups in total. The van der Waals surface area contributed by atoms with Crippen LogP contribution >= 0.6 is 0 Å². The molecule has 0 aromatic heterocycles. The summed E-state index contributed by atoms with van der Waals surface area (Å²) in [6, 6.07) is 14.1. The van der Waals surface area contributed by atoms with Gasteiger partial charge in [-0.3, -0.25) is 4.79 Å². The standard InChI is InChI=1S/C23H28N6O4S/c1-3-18(16-8-5-4-6-9-16)24-21-22(27-34(32,33)26-21)25-19-11-7-10-17(20(19)30)23(31)29-14-12-28(2)13-15-29/h4-11,18,30H,3,12-15H2,1-2H3,(H,24,26)(H,25,27)/t18-/m1/s1. The molecule has 2 aliphatic heterocycles. The number of hydrogen-bond acceptors (Lipinski definition) is 7. The van der Waals surface area contributed by atoms with Crippen molar-refractivity contribution in [3.8, 4) is 5.75 Å². The second-order valence-corrected chi connectivity index (χ2v) is 9.53. The Bertz CT molecular complexity index is 1220. The molecule has 2 heterocycles. The van der Waals surface area contributed by atoms with Crippen molar-refractivity contribution in [1.29, 1.82) is 0 Å². The van der Waals surface area contributed by atoms with Gasteiger partial charge in [-0.15, -0.1) is 8.80 Å². The molecule has 2 aliphatic rings. The van der Waals surface area contributed by atoms with E-state index in [2.05, 4.69) is 24.3 Å². The number of anilines is 1. The van der Waals surface area contributed by atoms with Gasteiger partial charge in [0.25, 0.3) is 5.91 Å². The number of aromatic hydroxyl groups is 1. The Morgan fingerprint density at radius 2 is 1.71 bits per heavy atom. The molecule has 180 valence electrons. The summed E-state index contributed by atoms with van der Waals surface area (Å²) >= 11 is 0. The highest BCUT2D eigenvalue weighted by Gasteiger charge is 2.29. The van der Waals surface area contributed by atoms with Crippen LogP contribution in [0.15, 0.2) is 57.3 Å². The lowest BCUT2D eigenvalue weighted by molar-refractivity contribution is 0.0661. The Hall–Kier alpha value is -3.44.